The summed E-state index contributed by atoms with van der Waals surface area (Å²) >= 11 is 0. The van der Waals surface area contributed by atoms with E-state index in [1.807, 2.05) is 44.2 Å². The molecule has 4 heteroatoms. The summed E-state index contributed by atoms with van der Waals surface area (Å²) in [7, 11) is 1.65. The summed E-state index contributed by atoms with van der Waals surface area (Å²) in [5, 5.41) is 7.05. The molecule has 2 rings (SSSR count). The van der Waals surface area contributed by atoms with Crippen molar-refractivity contribution in [3.8, 4) is 22.9 Å². The standard InChI is InChI=1S/C13H16N2O2/c1-9(2)17-13-8-11(14-15-13)10-6-4-5-7-12(10)16-3/h4-9H,1-3H3,(H,14,15). The zero-order valence-electron chi connectivity index (χ0n) is 10.2. The highest BCUT2D eigenvalue weighted by atomic mass is 16.5. The summed E-state index contributed by atoms with van der Waals surface area (Å²) in [4.78, 5) is 0. The van der Waals surface area contributed by atoms with E-state index in [1.165, 1.54) is 0 Å². The van der Waals surface area contributed by atoms with Crippen molar-refractivity contribution in [3.63, 3.8) is 0 Å². The number of nitrogens with zero attached hydrogens (tertiary/aromatic N) is 1. The Hall–Kier alpha value is -1.97. The summed E-state index contributed by atoms with van der Waals surface area (Å²) in [6.45, 7) is 3.94. The van der Waals surface area contributed by atoms with Crippen molar-refractivity contribution >= 4 is 0 Å². The van der Waals surface area contributed by atoms with Gasteiger partial charge in [-0.3, -0.25) is 5.10 Å². The number of hydrogen-bond donors (Lipinski definition) is 1. The molecular formula is C13H16N2O2. The van der Waals surface area contributed by atoms with E-state index in [2.05, 4.69) is 10.2 Å². The van der Waals surface area contributed by atoms with Crippen LogP contribution in [0.15, 0.2) is 30.3 Å². The fraction of sp³-hybridized carbons (Fsp3) is 0.308. The van der Waals surface area contributed by atoms with Crippen molar-refractivity contribution in [3.05, 3.63) is 30.3 Å². The van der Waals surface area contributed by atoms with E-state index in [1.54, 1.807) is 7.11 Å². The number of para-hydroxylation sites is 1. The number of H-pyrrole nitrogens is 1. The normalized spacial score (nSPS) is 10.6. The first-order valence-electron chi connectivity index (χ1n) is 5.56. The topological polar surface area (TPSA) is 47.1 Å². The van der Waals surface area contributed by atoms with E-state index in [4.69, 9.17) is 9.47 Å². The maximum absolute atomic E-state index is 5.51. The third-order valence-electron chi connectivity index (χ3n) is 2.31. The number of methoxy groups -OCH3 is 1. The van der Waals surface area contributed by atoms with Gasteiger partial charge in [-0.05, 0) is 26.0 Å². The van der Waals surface area contributed by atoms with Crippen LogP contribution in [0.25, 0.3) is 11.3 Å². The van der Waals surface area contributed by atoms with E-state index in [9.17, 15) is 0 Å². The average Bonchev–Trinajstić information content (AvgIpc) is 2.76. The zero-order chi connectivity index (χ0) is 12.3. The molecule has 1 N–H and O–H groups in total. The van der Waals surface area contributed by atoms with Crippen LogP contribution < -0.4 is 9.47 Å². The number of rotatable bonds is 4. The Labute approximate surface area is 101 Å². The molecule has 4 nitrogen and oxygen atoms in total. The molecule has 0 amide bonds. The summed E-state index contributed by atoms with van der Waals surface area (Å²) in [5.74, 6) is 1.41. The molecule has 0 aliphatic heterocycles. The summed E-state index contributed by atoms with van der Waals surface area (Å²) in [6, 6.07) is 9.66. The van der Waals surface area contributed by atoms with Crippen LogP contribution in [-0.2, 0) is 0 Å². The number of aromatic amines is 1. The van der Waals surface area contributed by atoms with Gasteiger partial charge >= 0.3 is 0 Å². The van der Waals surface area contributed by atoms with Crippen LogP contribution in [0.5, 0.6) is 11.6 Å². The molecule has 0 spiro atoms. The maximum atomic E-state index is 5.51. The van der Waals surface area contributed by atoms with Crippen molar-refractivity contribution in [2.45, 2.75) is 20.0 Å². The molecule has 17 heavy (non-hydrogen) atoms. The summed E-state index contributed by atoms with van der Waals surface area (Å²) in [5.41, 5.74) is 1.86. The van der Waals surface area contributed by atoms with Crippen molar-refractivity contribution in [1.82, 2.24) is 10.2 Å². The SMILES string of the molecule is COc1ccccc1-c1cc(OC(C)C)n[nH]1. The van der Waals surface area contributed by atoms with Gasteiger partial charge in [0, 0.05) is 11.6 Å². The molecule has 0 aliphatic rings. The van der Waals surface area contributed by atoms with Crippen LogP contribution in [0.1, 0.15) is 13.8 Å². The van der Waals surface area contributed by atoms with Gasteiger partial charge in [0.1, 0.15) is 5.75 Å². The Morgan fingerprint density at radius 2 is 2.00 bits per heavy atom. The van der Waals surface area contributed by atoms with Gasteiger partial charge in [-0.1, -0.05) is 12.1 Å². The Morgan fingerprint density at radius 1 is 1.24 bits per heavy atom. The molecule has 0 unspecified atom stereocenters. The Morgan fingerprint density at radius 3 is 2.71 bits per heavy atom. The first-order chi connectivity index (χ1) is 8.20. The number of aromatic nitrogens is 2. The molecule has 0 fully saturated rings. The van der Waals surface area contributed by atoms with Crippen LogP contribution in [0, 0.1) is 0 Å². The van der Waals surface area contributed by atoms with Gasteiger partial charge in [-0.2, -0.15) is 0 Å². The average molecular weight is 232 g/mol. The minimum absolute atomic E-state index is 0.115. The molecular weight excluding hydrogens is 216 g/mol. The Kier molecular flexibility index (Phi) is 3.32. The highest BCUT2D eigenvalue weighted by Crippen LogP contribution is 2.29. The minimum Gasteiger partial charge on any atom is -0.496 e. The molecule has 0 saturated carbocycles. The van der Waals surface area contributed by atoms with E-state index >= 15 is 0 Å². The monoisotopic (exact) mass is 232 g/mol. The van der Waals surface area contributed by atoms with Crippen LogP contribution in [0.2, 0.25) is 0 Å². The smallest absolute Gasteiger partial charge is 0.233 e. The summed E-state index contributed by atoms with van der Waals surface area (Å²) in [6.07, 6.45) is 0.115. The highest BCUT2D eigenvalue weighted by Gasteiger charge is 2.09. The van der Waals surface area contributed by atoms with Crippen LogP contribution in [0.3, 0.4) is 0 Å². The van der Waals surface area contributed by atoms with E-state index in [0.717, 1.165) is 17.0 Å². The van der Waals surface area contributed by atoms with Crippen molar-refractivity contribution < 1.29 is 9.47 Å². The second-order valence-electron chi connectivity index (χ2n) is 3.99. The lowest BCUT2D eigenvalue weighted by Gasteiger charge is -2.05. The fourth-order valence-electron chi connectivity index (χ4n) is 1.61. The zero-order valence-corrected chi connectivity index (χ0v) is 10.2. The van der Waals surface area contributed by atoms with E-state index in [0.29, 0.717) is 5.88 Å². The van der Waals surface area contributed by atoms with Gasteiger partial charge in [0.05, 0.1) is 18.9 Å². The van der Waals surface area contributed by atoms with Gasteiger partial charge < -0.3 is 9.47 Å². The molecule has 0 aliphatic carbocycles. The third kappa shape index (κ3) is 2.58. The number of ether oxygens (including phenoxy) is 2. The largest absolute Gasteiger partial charge is 0.496 e. The van der Waals surface area contributed by atoms with Gasteiger partial charge in [0.2, 0.25) is 5.88 Å². The minimum atomic E-state index is 0.115. The quantitative estimate of drug-likeness (QED) is 0.881. The van der Waals surface area contributed by atoms with Crippen molar-refractivity contribution in [2.24, 2.45) is 0 Å². The molecule has 0 saturated heterocycles. The molecule has 1 aromatic heterocycles. The van der Waals surface area contributed by atoms with Crippen LogP contribution in [-0.4, -0.2) is 23.4 Å². The number of benzene rings is 1. The molecule has 0 radical (unpaired) electrons. The predicted octanol–water partition coefficient (Wildman–Crippen LogP) is 2.87. The molecule has 2 aromatic rings. The molecule has 0 atom stereocenters. The van der Waals surface area contributed by atoms with Gasteiger partial charge in [0.15, 0.2) is 0 Å². The molecule has 1 heterocycles. The second-order valence-corrected chi connectivity index (χ2v) is 3.99. The number of hydrogen-bond acceptors (Lipinski definition) is 3. The summed E-state index contributed by atoms with van der Waals surface area (Å²) < 4.78 is 10.8. The lowest BCUT2D eigenvalue weighted by Crippen LogP contribution is -2.05. The number of nitrogens with one attached hydrogen (secondary N) is 1. The third-order valence-corrected chi connectivity index (χ3v) is 2.31. The van der Waals surface area contributed by atoms with Gasteiger partial charge in [-0.15, -0.1) is 5.10 Å². The second kappa shape index (κ2) is 4.91. The lowest BCUT2D eigenvalue weighted by atomic mass is 10.1. The van der Waals surface area contributed by atoms with Crippen LogP contribution >= 0.6 is 0 Å². The van der Waals surface area contributed by atoms with E-state index < -0.39 is 0 Å². The predicted molar refractivity (Wildman–Crippen MR) is 66.3 cm³/mol. The van der Waals surface area contributed by atoms with Gasteiger partial charge in [0.25, 0.3) is 0 Å². The lowest BCUT2D eigenvalue weighted by molar-refractivity contribution is 0.232. The first-order valence-corrected chi connectivity index (χ1v) is 5.56. The highest BCUT2D eigenvalue weighted by molar-refractivity contribution is 5.67. The van der Waals surface area contributed by atoms with E-state index in [-0.39, 0.29) is 6.10 Å². The first kappa shape index (κ1) is 11.5. The molecule has 0 bridgehead atoms. The fourth-order valence-corrected chi connectivity index (χ4v) is 1.61. The van der Waals surface area contributed by atoms with Crippen molar-refractivity contribution in [2.75, 3.05) is 7.11 Å². The Bertz CT molecular complexity index is 492. The van der Waals surface area contributed by atoms with Crippen molar-refractivity contribution in [1.29, 1.82) is 0 Å². The van der Waals surface area contributed by atoms with Crippen LogP contribution in [0.4, 0.5) is 0 Å². The Balaban J connectivity index is 2.30. The molecule has 1 aromatic carbocycles. The molecule has 90 valence electrons. The maximum Gasteiger partial charge on any atom is 0.233 e. The van der Waals surface area contributed by atoms with Gasteiger partial charge in [-0.25, -0.2) is 0 Å².